The quantitative estimate of drug-likeness (QED) is 0.381. The molecule has 8 nitrogen and oxygen atoms in total. The van der Waals surface area contributed by atoms with E-state index in [1.807, 2.05) is 9.80 Å². The minimum absolute atomic E-state index is 0.0194. The Hall–Kier alpha value is -1.77. The molecule has 1 rings (SSSR count). The van der Waals surface area contributed by atoms with E-state index in [-0.39, 0.29) is 44.8 Å². The SMILES string of the molecule is O=CCN(CC=O)C[C@H]1CCCC(N(CC=O)CC=O)CN1CC=O. The number of hydrogen-bond acceptors (Lipinski definition) is 8. The number of carbonyl (C=O) groups is 5. The maximum Gasteiger partial charge on any atom is 0.134 e. The summed E-state index contributed by atoms with van der Waals surface area (Å²) in [7, 11) is 0. The molecule has 0 aliphatic carbocycles. The van der Waals surface area contributed by atoms with Gasteiger partial charge in [-0.1, -0.05) is 6.42 Å². The number of carbonyl (C=O) groups excluding carboxylic acids is 5. The van der Waals surface area contributed by atoms with Gasteiger partial charge in [-0.25, -0.2) is 0 Å². The van der Waals surface area contributed by atoms with Crippen molar-refractivity contribution < 1.29 is 24.0 Å². The average molecular weight is 353 g/mol. The van der Waals surface area contributed by atoms with Gasteiger partial charge < -0.3 is 24.0 Å². The van der Waals surface area contributed by atoms with E-state index in [2.05, 4.69) is 0 Å². The van der Waals surface area contributed by atoms with Gasteiger partial charge in [0, 0.05) is 25.2 Å². The monoisotopic (exact) mass is 353 g/mol. The molecule has 0 aromatic heterocycles. The van der Waals surface area contributed by atoms with Gasteiger partial charge in [0.05, 0.1) is 32.7 Å². The Morgan fingerprint density at radius 2 is 1.40 bits per heavy atom. The second-order valence-corrected chi connectivity index (χ2v) is 6.20. The predicted molar refractivity (Wildman–Crippen MR) is 91.3 cm³/mol. The van der Waals surface area contributed by atoms with Gasteiger partial charge in [-0.05, 0) is 12.8 Å². The minimum Gasteiger partial charge on any atom is -0.302 e. The molecule has 140 valence electrons. The van der Waals surface area contributed by atoms with Crippen LogP contribution in [0.1, 0.15) is 19.3 Å². The highest BCUT2D eigenvalue weighted by atomic mass is 16.1. The number of rotatable bonds is 13. The number of hydrogen-bond donors (Lipinski definition) is 0. The van der Waals surface area contributed by atoms with Gasteiger partial charge in [-0.15, -0.1) is 0 Å². The van der Waals surface area contributed by atoms with Crippen LogP contribution in [0.15, 0.2) is 0 Å². The lowest BCUT2D eigenvalue weighted by Gasteiger charge is -2.35. The lowest BCUT2D eigenvalue weighted by Crippen LogP contribution is -2.50. The molecule has 0 aromatic carbocycles. The van der Waals surface area contributed by atoms with Gasteiger partial charge in [0.2, 0.25) is 0 Å². The van der Waals surface area contributed by atoms with Gasteiger partial charge in [0.1, 0.15) is 31.4 Å². The molecule has 8 heteroatoms. The average Bonchev–Trinajstić information content (AvgIpc) is 2.78. The topological polar surface area (TPSA) is 95.1 Å². The van der Waals surface area contributed by atoms with Crippen molar-refractivity contribution in [3.05, 3.63) is 0 Å². The Kier molecular flexibility index (Phi) is 10.7. The van der Waals surface area contributed by atoms with E-state index in [1.54, 1.807) is 4.90 Å². The van der Waals surface area contributed by atoms with E-state index in [9.17, 15) is 24.0 Å². The standard InChI is InChI=1S/C17H27N3O5/c21-9-4-18(5-10-22)14-16-2-1-3-17(15-20(16)8-13-25)19(6-11-23)7-12-24/h9-13,16-17H,1-8,14-15H2/t16-,17?/m1/s1. The van der Waals surface area contributed by atoms with Crippen LogP contribution in [0, 0.1) is 0 Å². The fourth-order valence-corrected chi connectivity index (χ4v) is 3.40. The Morgan fingerprint density at radius 1 is 0.800 bits per heavy atom. The van der Waals surface area contributed by atoms with E-state index in [0.29, 0.717) is 13.1 Å². The first-order valence-corrected chi connectivity index (χ1v) is 8.58. The Morgan fingerprint density at radius 3 is 1.92 bits per heavy atom. The molecule has 1 saturated heterocycles. The van der Waals surface area contributed by atoms with Crippen LogP contribution in [0.5, 0.6) is 0 Å². The summed E-state index contributed by atoms with van der Waals surface area (Å²) >= 11 is 0. The first kappa shape index (κ1) is 21.3. The largest absolute Gasteiger partial charge is 0.302 e. The van der Waals surface area contributed by atoms with Crippen molar-refractivity contribution in [3.8, 4) is 0 Å². The van der Waals surface area contributed by atoms with Crippen molar-refractivity contribution >= 4 is 31.4 Å². The molecule has 25 heavy (non-hydrogen) atoms. The smallest absolute Gasteiger partial charge is 0.134 e. The molecule has 1 aliphatic heterocycles. The third-order valence-electron chi connectivity index (χ3n) is 4.61. The molecule has 2 atom stereocenters. The molecular formula is C17H27N3O5. The molecule has 1 fully saturated rings. The second-order valence-electron chi connectivity index (χ2n) is 6.20. The maximum absolute atomic E-state index is 11.1. The first-order chi connectivity index (χ1) is 12.2. The zero-order valence-electron chi connectivity index (χ0n) is 14.5. The maximum atomic E-state index is 11.1. The number of nitrogens with zero attached hydrogens (tertiary/aromatic N) is 3. The highest BCUT2D eigenvalue weighted by Gasteiger charge is 2.29. The molecule has 0 aromatic rings. The minimum atomic E-state index is 0.0194. The van der Waals surface area contributed by atoms with Gasteiger partial charge >= 0.3 is 0 Å². The predicted octanol–water partition coefficient (Wildman–Crippen LogP) is -1.19. The Bertz CT molecular complexity index is 426. The summed E-state index contributed by atoms with van der Waals surface area (Å²) in [5, 5.41) is 0. The first-order valence-electron chi connectivity index (χ1n) is 8.58. The van der Waals surface area contributed by atoms with E-state index >= 15 is 0 Å². The summed E-state index contributed by atoms with van der Waals surface area (Å²) in [4.78, 5) is 60.1. The van der Waals surface area contributed by atoms with Gasteiger partial charge in [-0.3, -0.25) is 14.7 Å². The van der Waals surface area contributed by atoms with Crippen molar-refractivity contribution in [2.75, 3.05) is 45.8 Å². The molecule has 0 radical (unpaired) electrons. The fraction of sp³-hybridized carbons (Fsp3) is 0.706. The van der Waals surface area contributed by atoms with Crippen LogP contribution in [0.3, 0.4) is 0 Å². The van der Waals surface area contributed by atoms with E-state index in [0.717, 1.165) is 50.7 Å². The Balaban J connectivity index is 2.84. The molecule has 0 amide bonds. The highest BCUT2D eigenvalue weighted by molar-refractivity contribution is 5.57. The van der Waals surface area contributed by atoms with Gasteiger partial charge in [-0.2, -0.15) is 0 Å². The number of aldehydes is 5. The zero-order chi connectivity index (χ0) is 18.5. The second kappa shape index (κ2) is 12.6. The molecule has 1 unspecified atom stereocenters. The molecule has 1 heterocycles. The molecule has 0 bridgehead atoms. The fourth-order valence-electron chi connectivity index (χ4n) is 3.40. The van der Waals surface area contributed by atoms with E-state index < -0.39 is 0 Å². The lowest BCUT2D eigenvalue weighted by molar-refractivity contribution is -0.113. The molecule has 0 N–H and O–H groups in total. The molecule has 0 spiro atoms. The van der Waals surface area contributed by atoms with Crippen molar-refractivity contribution in [1.29, 1.82) is 0 Å². The number of likely N-dealkylation sites (tertiary alicyclic amines) is 1. The van der Waals surface area contributed by atoms with Crippen molar-refractivity contribution in [3.63, 3.8) is 0 Å². The summed E-state index contributed by atoms with van der Waals surface area (Å²) in [6.07, 6.45) is 6.48. The lowest BCUT2D eigenvalue weighted by atomic mass is 10.1. The van der Waals surface area contributed by atoms with Crippen LogP contribution < -0.4 is 0 Å². The molecular weight excluding hydrogens is 326 g/mol. The van der Waals surface area contributed by atoms with Gasteiger partial charge in [0.25, 0.3) is 0 Å². The summed E-state index contributed by atoms with van der Waals surface area (Å²) in [5.74, 6) is 0. The van der Waals surface area contributed by atoms with Crippen molar-refractivity contribution in [1.82, 2.24) is 14.7 Å². The third kappa shape index (κ3) is 7.33. The van der Waals surface area contributed by atoms with Crippen LogP contribution in [0.25, 0.3) is 0 Å². The molecule has 1 aliphatic rings. The summed E-state index contributed by atoms with van der Waals surface area (Å²) in [6, 6.07) is 0.0651. The summed E-state index contributed by atoms with van der Waals surface area (Å²) in [5.41, 5.74) is 0. The highest BCUT2D eigenvalue weighted by Crippen LogP contribution is 2.21. The van der Waals surface area contributed by atoms with Crippen LogP contribution in [0.4, 0.5) is 0 Å². The van der Waals surface area contributed by atoms with Crippen LogP contribution in [0.2, 0.25) is 0 Å². The van der Waals surface area contributed by atoms with E-state index in [1.165, 1.54) is 0 Å². The summed E-state index contributed by atoms with van der Waals surface area (Å²) in [6.45, 7) is 2.07. The normalized spacial score (nSPS) is 21.7. The van der Waals surface area contributed by atoms with Crippen LogP contribution >= 0.6 is 0 Å². The van der Waals surface area contributed by atoms with Crippen molar-refractivity contribution in [2.24, 2.45) is 0 Å². The zero-order valence-corrected chi connectivity index (χ0v) is 14.5. The van der Waals surface area contributed by atoms with Gasteiger partial charge in [0.15, 0.2) is 0 Å². The third-order valence-corrected chi connectivity index (χ3v) is 4.61. The molecule has 0 saturated carbocycles. The van der Waals surface area contributed by atoms with E-state index in [4.69, 9.17) is 0 Å². The van der Waals surface area contributed by atoms with Crippen LogP contribution in [-0.4, -0.2) is 104 Å². The van der Waals surface area contributed by atoms with Crippen LogP contribution in [-0.2, 0) is 24.0 Å². The Labute approximate surface area is 148 Å². The summed E-state index contributed by atoms with van der Waals surface area (Å²) < 4.78 is 0. The van der Waals surface area contributed by atoms with Crippen molar-refractivity contribution in [2.45, 2.75) is 31.3 Å².